The standard InChI is InChI=1S/C15H18N2O4/c1-15(2,3)20-14(19)17-12(8-13(18)21-17)11-6-4-10(9-16)5-7-11/h4-7,12-13,18H,8H2,1-3H3/t12-,13-/m0/s1. The van der Waals surface area contributed by atoms with Gasteiger partial charge in [-0.1, -0.05) is 12.1 Å². The summed E-state index contributed by atoms with van der Waals surface area (Å²) in [7, 11) is 0. The molecule has 0 radical (unpaired) electrons. The van der Waals surface area contributed by atoms with Crippen LogP contribution in [0.3, 0.4) is 0 Å². The number of hydroxylamine groups is 2. The molecular formula is C15H18N2O4. The van der Waals surface area contributed by atoms with Crippen molar-refractivity contribution < 1.29 is 19.5 Å². The molecule has 0 aliphatic carbocycles. The molecule has 1 amide bonds. The minimum Gasteiger partial charge on any atom is -0.442 e. The Morgan fingerprint density at radius 1 is 1.43 bits per heavy atom. The molecule has 0 bridgehead atoms. The molecule has 6 heteroatoms. The molecule has 1 aliphatic heterocycles. The molecule has 1 aliphatic rings. The van der Waals surface area contributed by atoms with E-state index in [1.54, 1.807) is 45.0 Å². The molecule has 1 saturated heterocycles. The summed E-state index contributed by atoms with van der Waals surface area (Å²) in [5, 5.41) is 19.5. The molecule has 0 spiro atoms. The minimum atomic E-state index is -1.06. The van der Waals surface area contributed by atoms with Gasteiger partial charge in [-0.05, 0) is 38.5 Å². The SMILES string of the molecule is CC(C)(C)OC(=O)N1O[C@H](O)C[C@H]1c1ccc(C#N)cc1. The fraction of sp³-hybridized carbons (Fsp3) is 0.467. The highest BCUT2D eigenvalue weighted by Gasteiger charge is 2.39. The summed E-state index contributed by atoms with van der Waals surface area (Å²) in [6, 6.07) is 8.39. The molecule has 0 saturated carbocycles. The van der Waals surface area contributed by atoms with Crippen molar-refractivity contribution in [1.82, 2.24) is 5.06 Å². The number of carbonyl (C=O) groups is 1. The summed E-state index contributed by atoms with van der Waals surface area (Å²) in [6.45, 7) is 5.27. The number of benzene rings is 1. The minimum absolute atomic E-state index is 0.255. The lowest BCUT2D eigenvalue weighted by atomic mass is 10.0. The first-order valence-electron chi connectivity index (χ1n) is 6.67. The van der Waals surface area contributed by atoms with Crippen LogP contribution in [-0.2, 0) is 9.57 Å². The maximum absolute atomic E-state index is 12.1. The lowest BCUT2D eigenvalue weighted by Crippen LogP contribution is -2.36. The molecule has 1 heterocycles. The van der Waals surface area contributed by atoms with Gasteiger partial charge in [0.15, 0.2) is 6.29 Å². The number of hydrogen-bond acceptors (Lipinski definition) is 5. The number of hydrogen-bond donors (Lipinski definition) is 1. The Morgan fingerprint density at radius 2 is 2.05 bits per heavy atom. The van der Waals surface area contributed by atoms with Crippen LogP contribution in [0, 0.1) is 11.3 Å². The van der Waals surface area contributed by atoms with E-state index in [1.807, 2.05) is 6.07 Å². The zero-order chi connectivity index (χ0) is 15.6. The highest BCUT2D eigenvalue weighted by molar-refractivity contribution is 5.68. The number of amides is 1. The lowest BCUT2D eigenvalue weighted by molar-refractivity contribution is -0.207. The third-order valence-corrected chi connectivity index (χ3v) is 2.94. The second-order valence-electron chi connectivity index (χ2n) is 5.85. The van der Waals surface area contributed by atoms with Gasteiger partial charge in [0, 0.05) is 6.42 Å². The predicted octanol–water partition coefficient (Wildman–Crippen LogP) is 2.49. The quantitative estimate of drug-likeness (QED) is 0.859. The average molecular weight is 290 g/mol. The Morgan fingerprint density at radius 3 is 2.57 bits per heavy atom. The monoisotopic (exact) mass is 290 g/mol. The molecule has 1 fully saturated rings. The van der Waals surface area contributed by atoms with Gasteiger partial charge in [-0.3, -0.25) is 0 Å². The van der Waals surface area contributed by atoms with Gasteiger partial charge in [0.2, 0.25) is 0 Å². The fourth-order valence-electron chi connectivity index (χ4n) is 2.06. The van der Waals surface area contributed by atoms with Gasteiger partial charge < -0.3 is 9.84 Å². The van der Waals surface area contributed by atoms with Crippen LogP contribution in [0.1, 0.15) is 44.4 Å². The zero-order valence-corrected chi connectivity index (χ0v) is 12.2. The normalized spacial score (nSPS) is 22.0. The van der Waals surface area contributed by atoms with Crippen molar-refractivity contribution in [2.45, 2.75) is 45.1 Å². The number of rotatable bonds is 1. The van der Waals surface area contributed by atoms with Crippen LogP contribution in [0.5, 0.6) is 0 Å². The Bertz CT molecular complexity index is 557. The number of aliphatic hydroxyl groups is 1. The van der Waals surface area contributed by atoms with Crippen LogP contribution in [0.15, 0.2) is 24.3 Å². The van der Waals surface area contributed by atoms with Crippen LogP contribution >= 0.6 is 0 Å². The molecule has 1 aromatic carbocycles. The van der Waals surface area contributed by atoms with Crippen LogP contribution < -0.4 is 0 Å². The fourth-order valence-corrected chi connectivity index (χ4v) is 2.06. The van der Waals surface area contributed by atoms with E-state index in [1.165, 1.54) is 0 Å². The molecule has 6 nitrogen and oxygen atoms in total. The van der Waals surface area contributed by atoms with Crippen LogP contribution in [0.25, 0.3) is 0 Å². The molecule has 2 atom stereocenters. The van der Waals surface area contributed by atoms with Gasteiger partial charge >= 0.3 is 6.09 Å². The smallest absolute Gasteiger partial charge is 0.435 e. The van der Waals surface area contributed by atoms with Crippen LogP contribution in [0.4, 0.5) is 4.79 Å². The number of aliphatic hydroxyl groups excluding tert-OH is 1. The lowest BCUT2D eigenvalue weighted by Gasteiger charge is -2.27. The Balaban J connectivity index is 2.20. The third kappa shape index (κ3) is 3.72. The van der Waals surface area contributed by atoms with Gasteiger partial charge in [-0.25, -0.2) is 9.63 Å². The number of nitriles is 1. The van der Waals surface area contributed by atoms with Crippen molar-refractivity contribution in [2.24, 2.45) is 0 Å². The number of carbonyl (C=O) groups excluding carboxylic acids is 1. The van der Waals surface area contributed by atoms with E-state index in [-0.39, 0.29) is 6.42 Å². The first-order valence-corrected chi connectivity index (χ1v) is 6.67. The maximum atomic E-state index is 12.1. The molecular weight excluding hydrogens is 272 g/mol. The number of nitrogens with zero attached hydrogens (tertiary/aromatic N) is 2. The van der Waals surface area contributed by atoms with Crippen LogP contribution in [-0.4, -0.2) is 28.2 Å². The second-order valence-corrected chi connectivity index (χ2v) is 5.85. The third-order valence-electron chi connectivity index (χ3n) is 2.94. The summed E-state index contributed by atoms with van der Waals surface area (Å²) in [4.78, 5) is 17.3. The van der Waals surface area contributed by atoms with Crippen molar-refractivity contribution in [3.8, 4) is 6.07 Å². The van der Waals surface area contributed by atoms with Gasteiger partial charge in [0.25, 0.3) is 0 Å². The van der Waals surface area contributed by atoms with E-state index in [2.05, 4.69) is 0 Å². The van der Waals surface area contributed by atoms with E-state index >= 15 is 0 Å². The Hall–Kier alpha value is -2.10. The van der Waals surface area contributed by atoms with E-state index in [0.29, 0.717) is 5.56 Å². The van der Waals surface area contributed by atoms with Gasteiger partial charge in [0.1, 0.15) is 5.60 Å². The predicted molar refractivity (Wildman–Crippen MR) is 73.7 cm³/mol. The van der Waals surface area contributed by atoms with Crippen molar-refractivity contribution in [3.05, 3.63) is 35.4 Å². The first-order chi connectivity index (χ1) is 9.80. The van der Waals surface area contributed by atoms with Crippen LogP contribution in [0.2, 0.25) is 0 Å². The summed E-state index contributed by atoms with van der Waals surface area (Å²) in [6.07, 6.45) is -1.45. The number of ether oxygens (including phenoxy) is 1. The molecule has 2 rings (SSSR count). The van der Waals surface area contributed by atoms with E-state index < -0.39 is 24.0 Å². The molecule has 0 unspecified atom stereocenters. The Labute approximate surface area is 123 Å². The van der Waals surface area contributed by atoms with Crippen molar-refractivity contribution in [3.63, 3.8) is 0 Å². The largest absolute Gasteiger partial charge is 0.442 e. The second kappa shape index (κ2) is 5.72. The van der Waals surface area contributed by atoms with E-state index in [9.17, 15) is 9.90 Å². The van der Waals surface area contributed by atoms with Crippen molar-refractivity contribution >= 4 is 6.09 Å². The average Bonchev–Trinajstić information content (AvgIpc) is 2.79. The van der Waals surface area contributed by atoms with E-state index in [0.717, 1.165) is 10.6 Å². The highest BCUT2D eigenvalue weighted by atomic mass is 16.8. The topological polar surface area (TPSA) is 82.8 Å². The van der Waals surface area contributed by atoms with Gasteiger partial charge in [-0.2, -0.15) is 10.3 Å². The molecule has 112 valence electrons. The Kier molecular flexibility index (Phi) is 4.16. The summed E-state index contributed by atoms with van der Waals surface area (Å²) >= 11 is 0. The molecule has 21 heavy (non-hydrogen) atoms. The maximum Gasteiger partial charge on any atom is 0.435 e. The first kappa shape index (κ1) is 15.3. The zero-order valence-electron chi connectivity index (χ0n) is 12.2. The summed E-state index contributed by atoms with van der Waals surface area (Å²) in [5.41, 5.74) is 0.655. The van der Waals surface area contributed by atoms with Crippen molar-refractivity contribution in [1.29, 1.82) is 5.26 Å². The van der Waals surface area contributed by atoms with Gasteiger partial charge in [-0.15, -0.1) is 0 Å². The summed E-state index contributed by atoms with van der Waals surface area (Å²) < 4.78 is 5.27. The van der Waals surface area contributed by atoms with E-state index in [4.69, 9.17) is 14.8 Å². The summed E-state index contributed by atoms with van der Waals surface area (Å²) in [5.74, 6) is 0. The van der Waals surface area contributed by atoms with Gasteiger partial charge in [0.05, 0.1) is 17.7 Å². The van der Waals surface area contributed by atoms with Crippen molar-refractivity contribution in [2.75, 3.05) is 0 Å². The molecule has 0 aromatic heterocycles. The highest BCUT2D eigenvalue weighted by Crippen LogP contribution is 2.34. The molecule has 1 aromatic rings. The molecule has 1 N–H and O–H groups in total.